The van der Waals surface area contributed by atoms with E-state index in [0.29, 0.717) is 16.8 Å². The van der Waals surface area contributed by atoms with Crippen molar-refractivity contribution in [2.45, 2.75) is 6.92 Å². The zero-order valence-electron chi connectivity index (χ0n) is 13.3. The molecule has 0 saturated carbocycles. The second-order valence-electron chi connectivity index (χ2n) is 5.05. The molecule has 7 heteroatoms. The van der Waals surface area contributed by atoms with Crippen molar-refractivity contribution in [1.82, 2.24) is 10.9 Å². The number of esters is 1. The molecule has 0 heterocycles. The lowest BCUT2D eigenvalue weighted by atomic mass is 10.1. The molecule has 7 nitrogen and oxygen atoms in total. The molecule has 2 amide bonds. The van der Waals surface area contributed by atoms with Crippen LogP contribution < -0.4 is 16.6 Å². The number of rotatable bonds is 3. The molecular formula is C17H17N3O4. The summed E-state index contributed by atoms with van der Waals surface area (Å²) in [6.07, 6.45) is 0. The number of methoxy groups -OCH3 is 1. The Morgan fingerprint density at radius 3 is 1.92 bits per heavy atom. The monoisotopic (exact) mass is 327 g/mol. The van der Waals surface area contributed by atoms with Gasteiger partial charge in [-0.3, -0.25) is 20.4 Å². The molecule has 2 aromatic carbocycles. The first kappa shape index (κ1) is 17.0. The highest BCUT2D eigenvalue weighted by atomic mass is 16.5. The van der Waals surface area contributed by atoms with Gasteiger partial charge in [0.1, 0.15) is 0 Å². The third-order valence-corrected chi connectivity index (χ3v) is 3.39. The molecule has 0 saturated heterocycles. The topological polar surface area (TPSA) is 111 Å². The van der Waals surface area contributed by atoms with Crippen LogP contribution in [0.5, 0.6) is 0 Å². The fraction of sp³-hybridized carbons (Fsp3) is 0.118. The van der Waals surface area contributed by atoms with Crippen LogP contribution >= 0.6 is 0 Å². The van der Waals surface area contributed by atoms with Gasteiger partial charge < -0.3 is 10.5 Å². The number of hydrogen-bond donors (Lipinski definition) is 3. The van der Waals surface area contributed by atoms with Gasteiger partial charge in [-0.2, -0.15) is 0 Å². The molecule has 2 rings (SSSR count). The number of hydrazine groups is 1. The van der Waals surface area contributed by atoms with Gasteiger partial charge in [-0.15, -0.1) is 0 Å². The van der Waals surface area contributed by atoms with Gasteiger partial charge in [0.15, 0.2) is 0 Å². The van der Waals surface area contributed by atoms with Crippen molar-refractivity contribution in [3.05, 3.63) is 64.7 Å². The number of ether oxygens (including phenoxy) is 1. The number of carbonyl (C=O) groups excluding carboxylic acids is 3. The molecule has 0 aliphatic heterocycles. The highest BCUT2D eigenvalue weighted by molar-refractivity contribution is 6.00. The molecule has 124 valence electrons. The molecule has 0 aliphatic rings. The average Bonchev–Trinajstić information content (AvgIpc) is 2.61. The molecule has 0 bridgehead atoms. The molecular weight excluding hydrogens is 310 g/mol. The van der Waals surface area contributed by atoms with Gasteiger partial charge in [0, 0.05) is 16.8 Å². The number of amides is 2. The van der Waals surface area contributed by atoms with Crippen molar-refractivity contribution >= 4 is 23.5 Å². The minimum Gasteiger partial charge on any atom is -0.465 e. The Balaban J connectivity index is 1.98. The summed E-state index contributed by atoms with van der Waals surface area (Å²) in [4.78, 5) is 35.3. The first-order chi connectivity index (χ1) is 11.4. The van der Waals surface area contributed by atoms with Crippen molar-refractivity contribution in [3.8, 4) is 0 Å². The van der Waals surface area contributed by atoms with Crippen molar-refractivity contribution in [1.29, 1.82) is 0 Å². The van der Waals surface area contributed by atoms with Crippen molar-refractivity contribution in [3.63, 3.8) is 0 Å². The molecule has 0 aliphatic carbocycles. The maximum Gasteiger partial charge on any atom is 0.337 e. The normalized spacial score (nSPS) is 9.92. The summed E-state index contributed by atoms with van der Waals surface area (Å²) in [5, 5.41) is 0. The predicted molar refractivity (Wildman–Crippen MR) is 88.3 cm³/mol. The average molecular weight is 327 g/mol. The first-order valence-corrected chi connectivity index (χ1v) is 7.07. The van der Waals surface area contributed by atoms with Crippen LogP contribution in [0.2, 0.25) is 0 Å². The number of nitrogens with two attached hydrogens (primary N) is 1. The Morgan fingerprint density at radius 1 is 0.875 bits per heavy atom. The van der Waals surface area contributed by atoms with E-state index in [9.17, 15) is 14.4 Å². The molecule has 24 heavy (non-hydrogen) atoms. The predicted octanol–water partition coefficient (Wildman–Crippen LogP) is 1.44. The number of anilines is 1. The summed E-state index contributed by atoms with van der Waals surface area (Å²) in [6.45, 7) is 1.79. The Labute approximate surface area is 138 Å². The van der Waals surface area contributed by atoms with E-state index < -0.39 is 17.8 Å². The fourth-order valence-electron chi connectivity index (χ4n) is 1.95. The third-order valence-electron chi connectivity index (χ3n) is 3.39. The quantitative estimate of drug-likeness (QED) is 0.449. The van der Waals surface area contributed by atoms with Crippen LogP contribution in [-0.2, 0) is 4.74 Å². The summed E-state index contributed by atoms with van der Waals surface area (Å²) < 4.78 is 4.58. The minimum absolute atomic E-state index is 0.288. The minimum atomic E-state index is -0.507. The van der Waals surface area contributed by atoms with E-state index in [1.807, 2.05) is 0 Å². The van der Waals surface area contributed by atoms with Crippen molar-refractivity contribution in [2.24, 2.45) is 0 Å². The number of benzene rings is 2. The fourth-order valence-corrected chi connectivity index (χ4v) is 1.95. The molecule has 0 radical (unpaired) electrons. The van der Waals surface area contributed by atoms with Crippen LogP contribution in [0.25, 0.3) is 0 Å². The van der Waals surface area contributed by atoms with E-state index in [2.05, 4.69) is 15.6 Å². The molecule has 0 spiro atoms. The molecule has 0 fully saturated rings. The van der Waals surface area contributed by atoms with Gasteiger partial charge in [-0.05, 0) is 55.0 Å². The number of hydrogen-bond acceptors (Lipinski definition) is 5. The van der Waals surface area contributed by atoms with Crippen LogP contribution in [-0.4, -0.2) is 24.9 Å². The number of nitrogens with one attached hydrogen (secondary N) is 2. The smallest absolute Gasteiger partial charge is 0.337 e. The maximum atomic E-state index is 12.0. The molecule has 0 aromatic heterocycles. The second-order valence-corrected chi connectivity index (χ2v) is 5.05. The second kappa shape index (κ2) is 7.28. The first-order valence-electron chi connectivity index (χ1n) is 7.07. The standard InChI is InChI=1S/C17H17N3O4/c1-10-9-13(7-8-14(10)18)16(22)20-19-15(21)11-3-5-12(6-4-11)17(23)24-2/h3-9H,18H2,1-2H3,(H,19,21)(H,20,22). The van der Waals surface area contributed by atoms with Crippen molar-refractivity contribution in [2.75, 3.05) is 12.8 Å². The largest absolute Gasteiger partial charge is 0.465 e. The van der Waals surface area contributed by atoms with Crippen LogP contribution in [0.4, 0.5) is 5.69 Å². The van der Waals surface area contributed by atoms with Gasteiger partial charge in [0.2, 0.25) is 0 Å². The SMILES string of the molecule is COC(=O)c1ccc(C(=O)NNC(=O)c2ccc(N)c(C)c2)cc1. The highest BCUT2D eigenvalue weighted by Gasteiger charge is 2.11. The van der Waals surface area contributed by atoms with Gasteiger partial charge in [0.25, 0.3) is 11.8 Å². The molecule has 0 atom stereocenters. The Bertz CT molecular complexity index is 785. The Kier molecular flexibility index (Phi) is 5.16. The van der Waals surface area contributed by atoms with E-state index in [-0.39, 0.29) is 5.56 Å². The summed E-state index contributed by atoms with van der Waals surface area (Å²) in [7, 11) is 1.28. The van der Waals surface area contributed by atoms with Crippen LogP contribution in [0, 0.1) is 6.92 Å². The van der Waals surface area contributed by atoms with E-state index in [1.54, 1.807) is 25.1 Å². The molecule has 2 aromatic rings. The summed E-state index contributed by atoms with van der Waals surface area (Å²) >= 11 is 0. The summed E-state index contributed by atoms with van der Waals surface area (Å²) in [6, 6.07) is 10.7. The summed E-state index contributed by atoms with van der Waals surface area (Å²) in [5.74, 6) is -1.46. The zero-order valence-corrected chi connectivity index (χ0v) is 13.3. The third kappa shape index (κ3) is 3.89. The lowest BCUT2D eigenvalue weighted by Crippen LogP contribution is -2.41. The van der Waals surface area contributed by atoms with E-state index in [1.165, 1.54) is 31.4 Å². The lowest BCUT2D eigenvalue weighted by Gasteiger charge is -2.09. The molecule has 4 N–H and O–H groups in total. The van der Waals surface area contributed by atoms with Crippen LogP contribution in [0.1, 0.15) is 36.6 Å². The van der Waals surface area contributed by atoms with E-state index in [4.69, 9.17) is 5.73 Å². The van der Waals surface area contributed by atoms with E-state index in [0.717, 1.165) is 5.56 Å². The maximum absolute atomic E-state index is 12.0. The Morgan fingerprint density at radius 2 is 1.38 bits per heavy atom. The van der Waals surface area contributed by atoms with Gasteiger partial charge in [0.05, 0.1) is 12.7 Å². The lowest BCUT2D eigenvalue weighted by molar-refractivity contribution is 0.0600. The van der Waals surface area contributed by atoms with Crippen molar-refractivity contribution < 1.29 is 19.1 Å². The number of nitrogen functional groups attached to an aromatic ring is 1. The number of aryl methyl sites for hydroxylation is 1. The number of carbonyl (C=O) groups is 3. The Hall–Kier alpha value is -3.35. The zero-order chi connectivity index (χ0) is 17.7. The molecule has 0 unspecified atom stereocenters. The van der Waals surface area contributed by atoms with Crippen LogP contribution in [0.15, 0.2) is 42.5 Å². The van der Waals surface area contributed by atoms with Gasteiger partial charge in [-0.25, -0.2) is 4.79 Å². The summed E-state index contributed by atoms with van der Waals surface area (Å²) in [5.41, 5.74) is 12.7. The highest BCUT2D eigenvalue weighted by Crippen LogP contribution is 2.12. The van der Waals surface area contributed by atoms with E-state index >= 15 is 0 Å². The van der Waals surface area contributed by atoms with Gasteiger partial charge >= 0.3 is 5.97 Å². The van der Waals surface area contributed by atoms with Gasteiger partial charge in [-0.1, -0.05) is 0 Å². The van der Waals surface area contributed by atoms with Crippen LogP contribution in [0.3, 0.4) is 0 Å².